The Morgan fingerprint density at radius 1 is 0.895 bits per heavy atom. The fraction of sp³-hybridized carbons (Fsp3) is 0.267. The number of aromatic hydroxyl groups is 1. The molecule has 0 aromatic heterocycles. The van der Waals surface area contributed by atoms with E-state index < -0.39 is 23.5 Å². The van der Waals surface area contributed by atoms with E-state index in [1.807, 2.05) is 45.0 Å². The normalized spacial score (nSPS) is 17.0. The summed E-state index contributed by atoms with van der Waals surface area (Å²) in [5.74, 6) is -0.714. The lowest BCUT2D eigenvalue weighted by molar-refractivity contribution is -0.140. The lowest BCUT2D eigenvalue weighted by Crippen LogP contribution is -2.29. The topological polar surface area (TPSA) is 106 Å². The van der Waals surface area contributed by atoms with Crippen molar-refractivity contribution >= 4 is 17.4 Å². The number of ketones is 1. The molecule has 3 aromatic rings. The Kier molecular flexibility index (Phi) is 7.35. The maximum Gasteiger partial charge on any atom is 0.295 e. The van der Waals surface area contributed by atoms with Gasteiger partial charge in [0, 0.05) is 6.54 Å². The van der Waals surface area contributed by atoms with Crippen molar-refractivity contribution in [2.24, 2.45) is 0 Å². The molecular weight excluding hydrogens is 486 g/mol. The van der Waals surface area contributed by atoms with Gasteiger partial charge >= 0.3 is 0 Å². The van der Waals surface area contributed by atoms with Crippen LogP contribution >= 0.6 is 0 Å². The molecule has 1 heterocycles. The van der Waals surface area contributed by atoms with Crippen LogP contribution in [0.4, 0.5) is 0 Å². The number of phenolic OH excluding ortho intramolecular Hbond substituents is 1. The van der Waals surface area contributed by atoms with Gasteiger partial charge in [-0.05, 0) is 68.3 Å². The van der Waals surface area contributed by atoms with Crippen molar-refractivity contribution in [1.82, 2.24) is 4.90 Å². The van der Waals surface area contributed by atoms with Crippen molar-refractivity contribution in [3.8, 4) is 23.0 Å². The van der Waals surface area contributed by atoms with Crippen LogP contribution in [0.1, 0.15) is 43.5 Å². The Labute approximate surface area is 221 Å². The number of likely N-dealkylation sites (tertiary alicyclic amines) is 1. The third-order valence-corrected chi connectivity index (χ3v) is 6.11. The van der Waals surface area contributed by atoms with Gasteiger partial charge < -0.3 is 29.3 Å². The van der Waals surface area contributed by atoms with Crippen LogP contribution in [0.25, 0.3) is 5.76 Å². The maximum absolute atomic E-state index is 13.4. The number of carbonyl (C=O) groups is 2. The lowest BCUT2D eigenvalue weighted by atomic mass is 9.94. The van der Waals surface area contributed by atoms with Crippen molar-refractivity contribution in [2.45, 2.75) is 39.0 Å². The zero-order chi connectivity index (χ0) is 27.6. The number of amides is 1. The standard InChI is InChI=1S/C30H31NO7/c1-30(2,3)38-21-15-9-18(10-16-21)17-31-26(19-11-13-20(32)14-12-19)25(28(34)29(31)35)27(33)24-22(36-4)7-6-8-23(24)37-5/h6-16,26,32-33H,17H2,1-5H3/b27-25+. The highest BCUT2D eigenvalue weighted by atomic mass is 16.5. The third kappa shape index (κ3) is 5.29. The van der Waals surface area contributed by atoms with Crippen LogP contribution < -0.4 is 14.2 Å². The number of aliphatic hydroxyl groups excluding tert-OH is 1. The number of ether oxygens (including phenoxy) is 3. The summed E-state index contributed by atoms with van der Waals surface area (Å²) in [4.78, 5) is 28.2. The first kappa shape index (κ1) is 26.6. The first-order valence-electron chi connectivity index (χ1n) is 12.1. The first-order valence-corrected chi connectivity index (χ1v) is 12.1. The van der Waals surface area contributed by atoms with E-state index in [4.69, 9.17) is 14.2 Å². The second-order valence-corrected chi connectivity index (χ2v) is 9.91. The molecule has 1 aliphatic heterocycles. The highest BCUT2D eigenvalue weighted by molar-refractivity contribution is 6.46. The molecular formula is C30H31NO7. The summed E-state index contributed by atoms with van der Waals surface area (Å²) in [5.41, 5.74) is 1.02. The molecule has 1 amide bonds. The van der Waals surface area contributed by atoms with Crippen molar-refractivity contribution < 1.29 is 34.0 Å². The number of nitrogens with zero attached hydrogens (tertiary/aromatic N) is 1. The second kappa shape index (κ2) is 10.5. The zero-order valence-corrected chi connectivity index (χ0v) is 22.0. The zero-order valence-electron chi connectivity index (χ0n) is 22.0. The van der Waals surface area contributed by atoms with E-state index in [9.17, 15) is 19.8 Å². The van der Waals surface area contributed by atoms with Gasteiger partial charge in [-0.25, -0.2) is 0 Å². The Bertz CT molecular complexity index is 1350. The number of hydrogen-bond acceptors (Lipinski definition) is 7. The monoisotopic (exact) mass is 517 g/mol. The molecule has 0 aliphatic carbocycles. The first-order chi connectivity index (χ1) is 18.0. The summed E-state index contributed by atoms with van der Waals surface area (Å²) in [6, 6.07) is 17.5. The molecule has 1 saturated heterocycles. The maximum atomic E-state index is 13.4. The fourth-order valence-corrected chi connectivity index (χ4v) is 4.48. The van der Waals surface area contributed by atoms with Gasteiger partial charge in [0.2, 0.25) is 0 Å². The molecule has 3 aromatic carbocycles. The Hall–Kier alpha value is -4.46. The van der Waals surface area contributed by atoms with Crippen molar-refractivity contribution in [1.29, 1.82) is 0 Å². The van der Waals surface area contributed by atoms with Crippen LogP contribution in [0.15, 0.2) is 72.3 Å². The molecule has 198 valence electrons. The van der Waals surface area contributed by atoms with Gasteiger partial charge in [-0.2, -0.15) is 0 Å². The summed E-state index contributed by atoms with van der Waals surface area (Å²) >= 11 is 0. The molecule has 8 nitrogen and oxygen atoms in total. The number of phenols is 1. The van der Waals surface area contributed by atoms with Crippen LogP contribution in [0.2, 0.25) is 0 Å². The van der Waals surface area contributed by atoms with Gasteiger partial charge in [-0.3, -0.25) is 9.59 Å². The number of benzene rings is 3. The number of carbonyl (C=O) groups excluding carboxylic acids is 2. The molecule has 1 aliphatic rings. The number of Topliss-reactive ketones (excluding diaryl/α,β-unsaturated/α-hetero) is 1. The van der Waals surface area contributed by atoms with E-state index in [2.05, 4.69) is 0 Å². The van der Waals surface area contributed by atoms with E-state index >= 15 is 0 Å². The lowest BCUT2D eigenvalue weighted by Gasteiger charge is -2.26. The van der Waals surface area contributed by atoms with Gasteiger partial charge in [0.25, 0.3) is 11.7 Å². The van der Waals surface area contributed by atoms with E-state index in [1.165, 1.54) is 31.3 Å². The van der Waals surface area contributed by atoms with Crippen molar-refractivity contribution in [2.75, 3.05) is 14.2 Å². The van der Waals surface area contributed by atoms with Gasteiger partial charge in [-0.1, -0.05) is 30.3 Å². The minimum absolute atomic E-state index is 0.0338. The minimum atomic E-state index is -0.921. The molecule has 0 radical (unpaired) electrons. The number of methoxy groups -OCH3 is 2. The summed E-state index contributed by atoms with van der Waals surface area (Å²) < 4.78 is 16.7. The molecule has 0 spiro atoms. The van der Waals surface area contributed by atoms with Crippen LogP contribution in [-0.4, -0.2) is 46.6 Å². The largest absolute Gasteiger partial charge is 0.508 e. The molecule has 0 bridgehead atoms. The molecule has 1 atom stereocenters. The summed E-state index contributed by atoms with van der Waals surface area (Å²) in [6.45, 7) is 5.96. The Balaban J connectivity index is 1.82. The van der Waals surface area contributed by atoms with E-state index in [1.54, 1.807) is 30.3 Å². The van der Waals surface area contributed by atoms with Crippen LogP contribution in [0, 0.1) is 0 Å². The smallest absolute Gasteiger partial charge is 0.295 e. The second-order valence-electron chi connectivity index (χ2n) is 9.91. The van der Waals surface area contributed by atoms with E-state index in [0.717, 1.165) is 5.56 Å². The predicted octanol–water partition coefficient (Wildman–Crippen LogP) is 5.21. The number of rotatable bonds is 7. The molecule has 8 heteroatoms. The average Bonchev–Trinajstić information content (AvgIpc) is 3.13. The van der Waals surface area contributed by atoms with Gasteiger partial charge in [0.15, 0.2) is 0 Å². The number of hydrogen-bond donors (Lipinski definition) is 2. The number of aliphatic hydroxyl groups is 1. The van der Waals surface area contributed by atoms with Crippen molar-refractivity contribution in [3.63, 3.8) is 0 Å². The van der Waals surface area contributed by atoms with Gasteiger partial charge in [-0.15, -0.1) is 0 Å². The highest BCUT2D eigenvalue weighted by Crippen LogP contribution is 2.44. The van der Waals surface area contributed by atoms with E-state index in [0.29, 0.717) is 11.3 Å². The highest BCUT2D eigenvalue weighted by Gasteiger charge is 2.46. The van der Waals surface area contributed by atoms with Crippen LogP contribution in [0.3, 0.4) is 0 Å². The molecule has 2 N–H and O–H groups in total. The predicted molar refractivity (Wildman–Crippen MR) is 142 cm³/mol. The molecule has 4 rings (SSSR count). The van der Waals surface area contributed by atoms with Crippen molar-refractivity contribution in [3.05, 3.63) is 89.0 Å². The third-order valence-electron chi connectivity index (χ3n) is 6.11. The molecule has 0 saturated carbocycles. The molecule has 1 fully saturated rings. The van der Waals surface area contributed by atoms with Gasteiger partial charge in [0.05, 0.1) is 25.8 Å². The minimum Gasteiger partial charge on any atom is -0.508 e. The van der Waals surface area contributed by atoms with Gasteiger partial charge in [0.1, 0.15) is 39.9 Å². The molecule has 1 unspecified atom stereocenters. The Morgan fingerprint density at radius 2 is 1.47 bits per heavy atom. The Morgan fingerprint density at radius 3 is 2.00 bits per heavy atom. The molecule has 38 heavy (non-hydrogen) atoms. The summed E-state index contributed by atoms with van der Waals surface area (Å²) in [7, 11) is 2.88. The SMILES string of the molecule is COc1cccc(OC)c1/C(O)=C1\C(=O)C(=O)N(Cc2ccc(OC(C)(C)C)cc2)C1c1ccc(O)cc1. The van der Waals surface area contributed by atoms with Crippen LogP contribution in [0.5, 0.6) is 23.0 Å². The van der Waals surface area contributed by atoms with E-state index in [-0.39, 0.29) is 40.5 Å². The summed E-state index contributed by atoms with van der Waals surface area (Å²) in [5, 5.41) is 21.3. The summed E-state index contributed by atoms with van der Waals surface area (Å²) in [6.07, 6.45) is 0. The quantitative estimate of drug-likeness (QED) is 0.252. The fourth-order valence-electron chi connectivity index (χ4n) is 4.48. The average molecular weight is 518 g/mol. The van der Waals surface area contributed by atoms with Crippen LogP contribution in [-0.2, 0) is 16.1 Å².